The zero-order valence-corrected chi connectivity index (χ0v) is 50.7. The molecule has 4 heterocycles. The Morgan fingerprint density at radius 3 is 0.968 bits per heavy atom. The number of para-hydroxylation sites is 4. The molecule has 0 N–H and O–H groups in total. The smallest absolute Gasteiger partial charge is 0.164 e. The van der Waals surface area contributed by atoms with E-state index in [1.807, 2.05) is 72.8 Å². The molecule has 0 aliphatic rings. The summed E-state index contributed by atoms with van der Waals surface area (Å²) in [7, 11) is 0. The Morgan fingerprint density at radius 1 is 0.232 bits per heavy atom. The molecule has 17 rings (SSSR count). The molecule has 0 saturated carbocycles. The SMILES string of the molecule is N#Cc1ccc(-c2ccc3c(c2)c2cc(-c4ccc(C#N)cc4C#N)ccc2n3-c2c(-c3cccc(-n4c5ccccc5c5ccccc54)c3)cc(-c3nc(-c4ccccc4)nc(-c4ccccc4)n3)cc2-c2cccc(-n3c4ccccc4c4ccccc43)c2)c(C#N)c1. The minimum absolute atomic E-state index is 0.375. The van der Waals surface area contributed by atoms with Crippen LogP contribution >= 0.6 is 0 Å². The molecule has 0 bridgehead atoms. The Hall–Kier alpha value is -13.8. The summed E-state index contributed by atoms with van der Waals surface area (Å²) in [6.45, 7) is 0. The van der Waals surface area contributed by atoms with Gasteiger partial charge in [0, 0.05) is 71.5 Å². The highest BCUT2D eigenvalue weighted by atomic mass is 15.0. The number of rotatable bonds is 10. The summed E-state index contributed by atoms with van der Waals surface area (Å²) in [5.41, 5.74) is 19.3. The van der Waals surface area contributed by atoms with E-state index >= 15 is 0 Å². The van der Waals surface area contributed by atoms with Crippen LogP contribution in [0.4, 0.5) is 0 Å². The van der Waals surface area contributed by atoms with Gasteiger partial charge in [0.15, 0.2) is 17.5 Å². The maximum absolute atomic E-state index is 10.7. The summed E-state index contributed by atoms with van der Waals surface area (Å²) in [5.74, 6) is 1.54. The molecule has 13 aromatic carbocycles. The largest absolute Gasteiger partial charge is 0.309 e. The lowest BCUT2D eigenvalue weighted by Crippen LogP contribution is -2.05. The number of aromatic nitrogens is 6. The van der Waals surface area contributed by atoms with Crippen LogP contribution in [0.15, 0.2) is 291 Å². The lowest BCUT2D eigenvalue weighted by atomic mass is 9.91. The van der Waals surface area contributed by atoms with Crippen molar-refractivity contribution in [2.24, 2.45) is 0 Å². The van der Waals surface area contributed by atoms with Crippen molar-refractivity contribution in [1.29, 1.82) is 21.0 Å². The second-order valence-electron chi connectivity index (χ2n) is 23.6. The molecule has 0 spiro atoms. The average Bonchev–Trinajstić information content (AvgIpc) is 1.62. The molecule has 10 heteroatoms. The third kappa shape index (κ3) is 9.26. The average molecular weight is 1210 g/mol. The number of fused-ring (bicyclic) bond motifs is 9. The second-order valence-corrected chi connectivity index (χ2v) is 23.6. The summed E-state index contributed by atoms with van der Waals surface area (Å²) in [5, 5.41) is 47.6. The van der Waals surface area contributed by atoms with Gasteiger partial charge in [0.05, 0.1) is 85.3 Å². The molecule has 0 radical (unpaired) electrons. The van der Waals surface area contributed by atoms with Crippen LogP contribution in [0.25, 0.3) is 161 Å². The molecular formula is C85H48N10. The Bertz CT molecular complexity index is 5740. The fourth-order valence-electron chi connectivity index (χ4n) is 13.9. The molecule has 0 aliphatic heterocycles. The molecule has 10 nitrogen and oxygen atoms in total. The lowest BCUT2D eigenvalue weighted by molar-refractivity contribution is 1.07. The van der Waals surface area contributed by atoms with E-state index in [1.54, 1.807) is 24.3 Å². The van der Waals surface area contributed by atoms with Gasteiger partial charge in [-0.25, -0.2) is 15.0 Å². The summed E-state index contributed by atoms with van der Waals surface area (Å²) in [6.07, 6.45) is 0. The number of nitriles is 4. The van der Waals surface area contributed by atoms with Crippen molar-refractivity contribution in [2.45, 2.75) is 0 Å². The van der Waals surface area contributed by atoms with E-state index in [4.69, 9.17) is 15.0 Å². The summed E-state index contributed by atoms with van der Waals surface area (Å²) < 4.78 is 7.05. The molecule has 17 aromatic rings. The maximum atomic E-state index is 10.7. The van der Waals surface area contributed by atoms with Crippen molar-refractivity contribution >= 4 is 65.4 Å². The topological polar surface area (TPSA) is 149 Å². The first-order valence-electron chi connectivity index (χ1n) is 31.1. The summed E-state index contributed by atoms with van der Waals surface area (Å²) in [4.78, 5) is 16.0. The van der Waals surface area contributed by atoms with Crippen LogP contribution < -0.4 is 0 Å². The first-order valence-corrected chi connectivity index (χ1v) is 31.1. The first kappa shape index (κ1) is 55.3. The quantitative estimate of drug-likeness (QED) is 0.132. The molecule has 0 atom stereocenters. The molecule has 0 unspecified atom stereocenters. The van der Waals surface area contributed by atoms with Gasteiger partial charge < -0.3 is 13.7 Å². The van der Waals surface area contributed by atoms with Gasteiger partial charge in [-0.15, -0.1) is 0 Å². The molecule has 4 aromatic heterocycles. The fourth-order valence-corrected chi connectivity index (χ4v) is 13.9. The van der Waals surface area contributed by atoms with E-state index < -0.39 is 0 Å². The van der Waals surface area contributed by atoms with E-state index in [0.717, 1.165) is 133 Å². The van der Waals surface area contributed by atoms with Gasteiger partial charge in [-0.1, -0.05) is 182 Å². The van der Waals surface area contributed by atoms with Crippen LogP contribution in [0.5, 0.6) is 0 Å². The van der Waals surface area contributed by atoms with Crippen LogP contribution in [0.3, 0.4) is 0 Å². The van der Waals surface area contributed by atoms with Crippen molar-refractivity contribution in [3.8, 4) is 120 Å². The highest BCUT2D eigenvalue weighted by Crippen LogP contribution is 2.47. The summed E-state index contributed by atoms with van der Waals surface area (Å²) in [6, 6.07) is 109. The molecule has 95 heavy (non-hydrogen) atoms. The Morgan fingerprint density at radius 2 is 0.579 bits per heavy atom. The van der Waals surface area contributed by atoms with Crippen LogP contribution in [-0.4, -0.2) is 28.7 Å². The summed E-state index contributed by atoms with van der Waals surface area (Å²) >= 11 is 0. The fraction of sp³-hybridized carbons (Fsp3) is 0. The number of benzene rings is 13. The van der Waals surface area contributed by atoms with E-state index in [9.17, 15) is 21.0 Å². The van der Waals surface area contributed by atoms with Crippen molar-refractivity contribution in [2.75, 3.05) is 0 Å². The van der Waals surface area contributed by atoms with Gasteiger partial charge >= 0.3 is 0 Å². The van der Waals surface area contributed by atoms with Gasteiger partial charge in [0.25, 0.3) is 0 Å². The molecule has 0 aliphatic carbocycles. The molecular weight excluding hydrogens is 1160 g/mol. The number of hydrogen-bond donors (Lipinski definition) is 0. The predicted molar refractivity (Wildman–Crippen MR) is 380 cm³/mol. The number of nitrogens with zero attached hydrogens (tertiary/aromatic N) is 10. The van der Waals surface area contributed by atoms with Gasteiger partial charge in [-0.2, -0.15) is 21.0 Å². The van der Waals surface area contributed by atoms with Gasteiger partial charge in [-0.3, -0.25) is 0 Å². The zero-order chi connectivity index (χ0) is 63.7. The van der Waals surface area contributed by atoms with Crippen LogP contribution in [0.1, 0.15) is 22.3 Å². The van der Waals surface area contributed by atoms with Crippen LogP contribution in [-0.2, 0) is 0 Å². The molecule has 0 fully saturated rings. The predicted octanol–water partition coefficient (Wildman–Crippen LogP) is 20.3. The van der Waals surface area contributed by atoms with Crippen LogP contribution in [0.2, 0.25) is 0 Å². The van der Waals surface area contributed by atoms with Crippen molar-refractivity contribution in [3.05, 3.63) is 313 Å². The Labute approximate surface area is 545 Å². The third-order valence-electron chi connectivity index (χ3n) is 18.2. The second kappa shape index (κ2) is 22.6. The van der Waals surface area contributed by atoms with Crippen molar-refractivity contribution < 1.29 is 0 Å². The van der Waals surface area contributed by atoms with Crippen molar-refractivity contribution in [1.82, 2.24) is 28.7 Å². The molecule has 438 valence electrons. The lowest BCUT2D eigenvalue weighted by Gasteiger charge is -2.22. The monoisotopic (exact) mass is 1210 g/mol. The highest BCUT2D eigenvalue weighted by molar-refractivity contribution is 6.14. The first-order chi connectivity index (χ1) is 46.9. The normalized spacial score (nSPS) is 11.3. The van der Waals surface area contributed by atoms with E-state index in [0.29, 0.717) is 50.9 Å². The third-order valence-corrected chi connectivity index (χ3v) is 18.2. The van der Waals surface area contributed by atoms with Crippen LogP contribution in [0, 0.1) is 45.3 Å². The van der Waals surface area contributed by atoms with E-state index in [-0.39, 0.29) is 0 Å². The highest BCUT2D eigenvalue weighted by Gasteiger charge is 2.26. The van der Waals surface area contributed by atoms with Crippen molar-refractivity contribution in [3.63, 3.8) is 0 Å². The van der Waals surface area contributed by atoms with Gasteiger partial charge in [0.1, 0.15) is 0 Å². The Kier molecular flexibility index (Phi) is 13.2. The minimum atomic E-state index is 0.375. The Balaban J connectivity index is 1.02. The standard InChI is InChI=1S/C85H48N10/c86-49-53-33-37-66(62(41-53)51-88)59-35-39-80-74(45-59)75-46-60(67-38-34-54(50-87)42-63(67)52-89)36-40-81(75)95(80)82-72(57-21-15-23-64(43-57)93-76-29-11-7-25-68(76)69-26-8-12-30-77(69)93)47-61(85-91-83(55-17-3-1-4-18-55)90-84(92-85)56-19-5-2-6-20-56)48-73(82)58-22-16-24-65(44-58)94-78-31-13-9-27-70(78)71-28-10-14-32-79(71)94/h1-48H. The zero-order valence-electron chi connectivity index (χ0n) is 50.7. The molecule has 0 saturated heterocycles. The van der Waals surface area contributed by atoms with E-state index in [1.165, 1.54) is 0 Å². The number of hydrogen-bond acceptors (Lipinski definition) is 7. The van der Waals surface area contributed by atoms with Gasteiger partial charge in [-0.05, 0) is 143 Å². The van der Waals surface area contributed by atoms with E-state index in [2.05, 4.69) is 232 Å². The minimum Gasteiger partial charge on any atom is -0.309 e. The van der Waals surface area contributed by atoms with Gasteiger partial charge in [0.2, 0.25) is 0 Å². The maximum Gasteiger partial charge on any atom is 0.164 e. The molecule has 0 amide bonds.